The lowest BCUT2D eigenvalue weighted by molar-refractivity contribution is -0.114. The van der Waals surface area contributed by atoms with Crippen molar-refractivity contribution >= 4 is 35.0 Å². The lowest BCUT2D eigenvalue weighted by Gasteiger charge is -2.30. The van der Waals surface area contributed by atoms with Gasteiger partial charge in [0.2, 0.25) is 5.91 Å². The third-order valence-corrected chi connectivity index (χ3v) is 6.87. The predicted molar refractivity (Wildman–Crippen MR) is 147 cm³/mol. The predicted octanol–water partition coefficient (Wildman–Crippen LogP) is 5.54. The van der Waals surface area contributed by atoms with Gasteiger partial charge in [-0.25, -0.2) is 4.39 Å². The van der Waals surface area contributed by atoms with Gasteiger partial charge in [0, 0.05) is 17.0 Å². The molecule has 0 bridgehead atoms. The highest BCUT2D eigenvalue weighted by molar-refractivity contribution is 8.03. The van der Waals surface area contributed by atoms with Crippen molar-refractivity contribution < 1.29 is 18.7 Å². The van der Waals surface area contributed by atoms with E-state index in [0.29, 0.717) is 39.0 Å². The Morgan fingerprint density at radius 3 is 2.39 bits per heavy atom. The molecular weight excluding hydrogens is 503 g/mol. The van der Waals surface area contributed by atoms with Gasteiger partial charge in [-0.05, 0) is 48.9 Å². The normalized spacial score (nSPS) is 14.8. The van der Waals surface area contributed by atoms with Gasteiger partial charge in [-0.2, -0.15) is 5.26 Å². The number of hydrogen-bond donors (Lipinski definition) is 3. The first-order valence-electron chi connectivity index (χ1n) is 11.7. The molecule has 3 N–H and O–H groups in total. The highest BCUT2D eigenvalue weighted by Gasteiger charge is 2.35. The standard InChI is InChI=1S/C29H25FN4O3S/c1-18-26(28(36)34-23-10-6-7-11-24(23)37-2)27(19-8-4-3-5-9-19)22(16-31)29(32-18)38-17-25(35)33-21-14-12-20(30)13-15-21/h3-15,27,32H,17H2,1-2H3,(H,33,35)(H,34,36)/t27-/m1/s1. The molecule has 7 nitrogen and oxygen atoms in total. The first kappa shape index (κ1) is 26.5. The highest BCUT2D eigenvalue weighted by Crippen LogP contribution is 2.41. The number of nitrogens with zero attached hydrogens (tertiary/aromatic N) is 1. The van der Waals surface area contributed by atoms with E-state index in [1.165, 1.54) is 31.4 Å². The average Bonchev–Trinajstić information content (AvgIpc) is 2.93. The van der Waals surface area contributed by atoms with Crippen LogP contribution in [0.3, 0.4) is 0 Å². The van der Waals surface area contributed by atoms with Crippen LogP contribution in [0.5, 0.6) is 5.75 Å². The number of nitriles is 1. The molecule has 1 atom stereocenters. The molecular formula is C29H25FN4O3S. The van der Waals surface area contributed by atoms with Crippen molar-refractivity contribution in [3.8, 4) is 11.8 Å². The van der Waals surface area contributed by atoms with Crippen LogP contribution in [0.2, 0.25) is 0 Å². The molecule has 0 aliphatic carbocycles. The number of dihydropyridines is 1. The fraction of sp³-hybridized carbons (Fsp3) is 0.138. The number of carbonyl (C=O) groups excluding carboxylic acids is 2. The largest absolute Gasteiger partial charge is 0.495 e. The summed E-state index contributed by atoms with van der Waals surface area (Å²) in [4.78, 5) is 26.2. The van der Waals surface area contributed by atoms with E-state index in [-0.39, 0.29) is 17.6 Å². The Bertz CT molecular complexity index is 1450. The Labute approximate surface area is 224 Å². The van der Waals surface area contributed by atoms with Gasteiger partial charge in [0.1, 0.15) is 11.6 Å². The summed E-state index contributed by atoms with van der Waals surface area (Å²) < 4.78 is 18.5. The van der Waals surface area contributed by atoms with Crippen molar-refractivity contribution in [3.05, 3.63) is 112 Å². The molecule has 0 saturated carbocycles. The number of carbonyl (C=O) groups is 2. The zero-order valence-corrected chi connectivity index (χ0v) is 21.6. The number of benzene rings is 3. The van der Waals surface area contributed by atoms with Crippen LogP contribution in [0, 0.1) is 17.1 Å². The number of anilines is 2. The van der Waals surface area contributed by atoms with Crippen LogP contribution in [-0.4, -0.2) is 24.7 Å². The van der Waals surface area contributed by atoms with E-state index >= 15 is 0 Å². The Kier molecular flexibility index (Phi) is 8.46. The minimum Gasteiger partial charge on any atom is -0.495 e. The van der Waals surface area contributed by atoms with Gasteiger partial charge < -0.3 is 20.7 Å². The van der Waals surface area contributed by atoms with Crippen LogP contribution < -0.4 is 20.7 Å². The number of thioether (sulfide) groups is 1. The molecule has 2 amide bonds. The van der Waals surface area contributed by atoms with Crippen molar-refractivity contribution in [1.29, 1.82) is 5.26 Å². The Morgan fingerprint density at radius 2 is 1.71 bits per heavy atom. The maximum absolute atomic E-state index is 13.6. The summed E-state index contributed by atoms with van der Waals surface area (Å²) in [6, 6.07) is 24.1. The molecule has 0 saturated heterocycles. The van der Waals surface area contributed by atoms with Crippen LogP contribution in [-0.2, 0) is 9.59 Å². The second-order valence-electron chi connectivity index (χ2n) is 8.36. The number of amides is 2. The fourth-order valence-corrected chi connectivity index (χ4v) is 5.00. The summed E-state index contributed by atoms with van der Waals surface area (Å²) in [5, 5.41) is 19.5. The molecule has 4 rings (SSSR count). The fourth-order valence-electron chi connectivity index (χ4n) is 4.11. The number of allylic oxidation sites excluding steroid dienone is 2. The molecule has 1 aliphatic rings. The second kappa shape index (κ2) is 12.1. The van der Waals surface area contributed by atoms with Gasteiger partial charge in [-0.3, -0.25) is 9.59 Å². The maximum atomic E-state index is 13.6. The van der Waals surface area contributed by atoms with Crippen LogP contribution in [0.25, 0.3) is 0 Å². The van der Waals surface area contributed by atoms with E-state index in [0.717, 1.165) is 17.3 Å². The van der Waals surface area contributed by atoms with Gasteiger partial charge in [-0.15, -0.1) is 0 Å². The van der Waals surface area contributed by atoms with Crippen LogP contribution >= 0.6 is 11.8 Å². The molecule has 0 unspecified atom stereocenters. The molecule has 0 spiro atoms. The molecule has 3 aromatic rings. The lowest BCUT2D eigenvalue weighted by atomic mass is 9.82. The number of ether oxygens (including phenoxy) is 1. The molecule has 1 aliphatic heterocycles. The van der Waals surface area contributed by atoms with Crippen molar-refractivity contribution in [2.75, 3.05) is 23.5 Å². The van der Waals surface area contributed by atoms with Crippen molar-refractivity contribution in [2.45, 2.75) is 12.8 Å². The number of methoxy groups -OCH3 is 1. The number of halogens is 1. The van der Waals surface area contributed by atoms with E-state index in [1.807, 2.05) is 30.3 Å². The average molecular weight is 529 g/mol. The Hall–Kier alpha value is -4.55. The summed E-state index contributed by atoms with van der Waals surface area (Å²) in [5.74, 6) is -1.22. The van der Waals surface area contributed by atoms with Gasteiger partial charge in [0.05, 0.1) is 41.1 Å². The van der Waals surface area contributed by atoms with Gasteiger partial charge in [0.15, 0.2) is 0 Å². The van der Waals surface area contributed by atoms with Crippen molar-refractivity contribution in [3.63, 3.8) is 0 Å². The molecule has 0 radical (unpaired) electrons. The molecule has 0 aromatic heterocycles. The van der Waals surface area contributed by atoms with Crippen molar-refractivity contribution in [2.24, 2.45) is 0 Å². The van der Waals surface area contributed by atoms with Crippen LogP contribution in [0.4, 0.5) is 15.8 Å². The third kappa shape index (κ3) is 6.05. The maximum Gasteiger partial charge on any atom is 0.254 e. The summed E-state index contributed by atoms with van der Waals surface area (Å²) in [6.07, 6.45) is 0. The third-order valence-electron chi connectivity index (χ3n) is 5.86. The summed E-state index contributed by atoms with van der Waals surface area (Å²) in [5.41, 5.74) is 3.02. The first-order chi connectivity index (χ1) is 18.4. The number of para-hydroxylation sites is 2. The molecule has 0 fully saturated rings. The molecule has 9 heteroatoms. The number of hydrogen-bond acceptors (Lipinski definition) is 6. The van der Waals surface area contributed by atoms with Crippen LogP contribution in [0.15, 0.2) is 101 Å². The van der Waals surface area contributed by atoms with Crippen molar-refractivity contribution in [1.82, 2.24) is 5.32 Å². The molecule has 3 aromatic carbocycles. The smallest absolute Gasteiger partial charge is 0.254 e. The zero-order chi connectivity index (χ0) is 27.1. The highest BCUT2D eigenvalue weighted by atomic mass is 32.2. The monoisotopic (exact) mass is 528 g/mol. The molecule has 38 heavy (non-hydrogen) atoms. The SMILES string of the molecule is COc1ccccc1NC(=O)C1=C(C)NC(SCC(=O)Nc2ccc(F)cc2)=C(C#N)[C@H]1c1ccccc1. The van der Waals surface area contributed by atoms with E-state index in [9.17, 15) is 19.2 Å². The minimum absolute atomic E-state index is 0.00240. The van der Waals surface area contributed by atoms with Gasteiger partial charge in [-0.1, -0.05) is 54.2 Å². The lowest BCUT2D eigenvalue weighted by Crippen LogP contribution is -2.31. The van der Waals surface area contributed by atoms with Gasteiger partial charge >= 0.3 is 0 Å². The molecule has 192 valence electrons. The van der Waals surface area contributed by atoms with Crippen LogP contribution in [0.1, 0.15) is 18.4 Å². The number of nitrogens with one attached hydrogen (secondary N) is 3. The van der Waals surface area contributed by atoms with E-state index in [4.69, 9.17) is 4.74 Å². The minimum atomic E-state index is -0.653. The topological polar surface area (TPSA) is 103 Å². The summed E-state index contributed by atoms with van der Waals surface area (Å²) >= 11 is 1.16. The Morgan fingerprint density at radius 1 is 1.03 bits per heavy atom. The first-order valence-corrected chi connectivity index (χ1v) is 12.7. The summed E-state index contributed by atoms with van der Waals surface area (Å²) in [7, 11) is 1.52. The second-order valence-corrected chi connectivity index (χ2v) is 9.35. The summed E-state index contributed by atoms with van der Waals surface area (Å²) in [6.45, 7) is 1.76. The Balaban J connectivity index is 1.61. The van der Waals surface area contributed by atoms with E-state index in [1.54, 1.807) is 31.2 Å². The zero-order valence-electron chi connectivity index (χ0n) is 20.7. The number of rotatable bonds is 8. The van der Waals surface area contributed by atoms with Gasteiger partial charge in [0.25, 0.3) is 5.91 Å². The molecule has 1 heterocycles. The van der Waals surface area contributed by atoms with E-state index in [2.05, 4.69) is 22.0 Å². The quantitative estimate of drug-likeness (QED) is 0.355. The van der Waals surface area contributed by atoms with E-state index < -0.39 is 11.7 Å².